The summed E-state index contributed by atoms with van der Waals surface area (Å²) in [4.78, 5) is 5.86. The van der Waals surface area contributed by atoms with E-state index in [1.807, 2.05) is 10.8 Å². The number of imidazole rings is 1. The second-order valence-corrected chi connectivity index (χ2v) is 4.57. The van der Waals surface area contributed by atoms with Crippen molar-refractivity contribution in [2.75, 3.05) is 11.4 Å². The second kappa shape index (κ2) is 4.62. The van der Waals surface area contributed by atoms with E-state index >= 15 is 0 Å². The van der Waals surface area contributed by atoms with Crippen LogP contribution in [-0.2, 0) is 19.6 Å². The first kappa shape index (κ1) is 12.1. The highest BCUT2D eigenvalue weighted by Crippen LogP contribution is 2.27. The molecule has 2 N–H and O–H groups in total. The lowest BCUT2D eigenvalue weighted by Gasteiger charge is -2.30. The van der Waals surface area contributed by atoms with E-state index in [1.165, 1.54) is 12.1 Å². The molecule has 2 aromatic rings. The van der Waals surface area contributed by atoms with Gasteiger partial charge in [0.05, 0.1) is 6.54 Å². The highest BCUT2D eigenvalue weighted by Gasteiger charge is 2.22. The molecule has 0 atom stereocenters. The first-order chi connectivity index (χ1) is 9.19. The summed E-state index contributed by atoms with van der Waals surface area (Å²) < 4.78 is 30.0. The van der Waals surface area contributed by atoms with Crippen LogP contribution in [0.4, 0.5) is 14.5 Å². The lowest BCUT2D eigenvalue weighted by Crippen LogP contribution is -2.34. The van der Waals surface area contributed by atoms with Crippen molar-refractivity contribution in [3.63, 3.8) is 0 Å². The number of hydrogen-bond donors (Lipinski definition) is 1. The largest absolute Gasteiger partial charge is 0.358 e. The van der Waals surface area contributed by atoms with Crippen molar-refractivity contribution < 1.29 is 8.78 Å². The Hall–Kier alpha value is -1.95. The average molecular weight is 264 g/mol. The molecule has 19 heavy (non-hydrogen) atoms. The van der Waals surface area contributed by atoms with Crippen LogP contribution in [0, 0.1) is 11.6 Å². The highest BCUT2D eigenvalue weighted by atomic mass is 19.1. The Morgan fingerprint density at radius 1 is 1.21 bits per heavy atom. The van der Waals surface area contributed by atoms with Gasteiger partial charge in [-0.05, 0) is 17.7 Å². The Morgan fingerprint density at radius 3 is 2.63 bits per heavy atom. The zero-order valence-corrected chi connectivity index (χ0v) is 10.3. The molecule has 1 aliphatic heterocycles. The van der Waals surface area contributed by atoms with E-state index in [1.54, 1.807) is 11.1 Å². The molecule has 6 heteroatoms. The van der Waals surface area contributed by atoms with Gasteiger partial charge in [0, 0.05) is 32.0 Å². The average Bonchev–Trinajstić information content (AvgIpc) is 2.85. The third-order valence-electron chi connectivity index (χ3n) is 3.37. The van der Waals surface area contributed by atoms with Crippen LogP contribution < -0.4 is 10.6 Å². The van der Waals surface area contributed by atoms with Gasteiger partial charge in [-0.2, -0.15) is 0 Å². The lowest BCUT2D eigenvalue weighted by atomic mass is 10.1. The van der Waals surface area contributed by atoms with Crippen LogP contribution in [-0.4, -0.2) is 16.1 Å². The summed E-state index contributed by atoms with van der Waals surface area (Å²) in [6, 6.07) is 2.58. The van der Waals surface area contributed by atoms with Crippen molar-refractivity contribution in [3.8, 4) is 0 Å². The van der Waals surface area contributed by atoms with Crippen molar-refractivity contribution in [3.05, 3.63) is 47.5 Å². The van der Waals surface area contributed by atoms with Gasteiger partial charge in [-0.3, -0.25) is 0 Å². The zero-order chi connectivity index (χ0) is 13.4. The van der Waals surface area contributed by atoms with Gasteiger partial charge in [0.1, 0.15) is 23.1 Å². The third kappa shape index (κ3) is 2.08. The Bertz CT molecular complexity index is 585. The second-order valence-electron chi connectivity index (χ2n) is 4.57. The fraction of sp³-hybridized carbons (Fsp3) is 0.308. The first-order valence-corrected chi connectivity index (χ1v) is 6.12. The van der Waals surface area contributed by atoms with Crippen LogP contribution >= 0.6 is 0 Å². The molecule has 0 fully saturated rings. The summed E-state index contributed by atoms with van der Waals surface area (Å²) in [5.74, 6) is -0.325. The molecule has 1 aromatic carbocycles. The highest BCUT2D eigenvalue weighted by molar-refractivity contribution is 5.51. The quantitative estimate of drug-likeness (QED) is 0.897. The minimum atomic E-state index is -0.569. The number of benzene rings is 1. The van der Waals surface area contributed by atoms with Gasteiger partial charge in [-0.25, -0.2) is 13.8 Å². The summed E-state index contributed by atoms with van der Waals surface area (Å²) in [5.41, 5.74) is 5.87. The Morgan fingerprint density at radius 2 is 1.95 bits per heavy atom. The number of halogens is 2. The minimum absolute atomic E-state index is 0.00597. The van der Waals surface area contributed by atoms with Crippen molar-refractivity contribution >= 4 is 5.69 Å². The number of aromatic nitrogens is 2. The number of hydrogen-bond acceptors (Lipinski definition) is 3. The van der Waals surface area contributed by atoms with Crippen LogP contribution in [0.2, 0.25) is 0 Å². The number of rotatable bonds is 2. The number of fused-ring (bicyclic) bond motifs is 1. The van der Waals surface area contributed by atoms with Crippen LogP contribution in [0.1, 0.15) is 11.4 Å². The first-order valence-electron chi connectivity index (χ1n) is 6.12. The molecule has 0 amide bonds. The maximum Gasteiger partial charge on any atom is 0.149 e. The molecule has 0 radical (unpaired) electrons. The molecule has 0 saturated carbocycles. The predicted molar refractivity (Wildman–Crippen MR) is 67.5 cm³/mol. The monoisotopic (exact) mass is 264 g/mol. The van der Waals surface area contributed by atoms with Gasteiger partial charge in [-0.15, -0.1) is 0 Å². The number of nitrogens with two attached hydrogens (primary N) is 1. The van der Waals surface area contributed by atoms with Gasteiger partial charge in [0.15, 0.2) is 0 Å². The van der Waals surface area contributed by atoms with Gasteiger partial charge < -0.3 is 15.2 Å². The number of nitrogens with zero attached hydrogens (tertiary/aromatic N) is 3. The SMILES string of the molecule is NCc1cc(F)c(N2CCn3ccnc3C2)c(F)c1. The van der Waals surface area contributed by atoms with E-state index in [0.29, 0.717) is 25.2 Å². The van der Waals surface area contributed by atoms with Crippen LogP contribution in [0.3, 0.4) is 0 Å². The topological polar surface area (TPSA) is 47.1 Å². The smallest absolute Gasteiger partial charge is 0.149 e. The Kier molecular flexibility index (Phi) is 2.94. The van der Waals surface area contributed by atoms with Crippen LogP contribution in [0.5, 0.6) is 0 Å². The molecule has 0 aliphatic carbocycles. The summed E-state index contributed by atoms with van der Waals surface area (Å²) in [5, 5.41) is 0. The van der Waals surface area contributed by atoms with Crippen LogP contribution in [0.15, 0.2) is 24.5 Å². The summed E-state index contributed by atoms with van der Waals surface area (Å²) >= 11 is 0. The fourth-order valence-electron chi connectivity index (χ4n) is 2.40. The van der Waals surface area contributed by atoms with E-state index in [9.17, 15) is 8.78 Å². The molecular formula is C13H14F2N4. The van der Waals surface area contributed by atoms with E-state index in [4.69, 9.17) is 5.73 Å². The summed E-state index contributed by atoms with van der Waals surface area (Å²) in [7, 11) is 0. The van der Waals surface area contributed by atoms with Gasteiger partial charge >= 0.3 is 0 Å². The Labute approximate surface area is 109 Å². The standard InChI is InChI=1S/C13H14F2N4/c14-10-5-9(7-16)6-11(15)13(10)19-4-3-18-2-1-17-12(18)8-19/h1-2,5-6H,3-4,7-8,16H2. The Balaban J connectivity index is 1.96. The molecule has 0 unspecified atom stereocenters. The van der Waals surface area contributed by atoms with Gasteiger partial charge in [-0.1, -0.05) is 0 Å². The molecule has 2 heterocycles. The molecule has 100 valence electrons. The van der Waals surface area contributed by atoms with E-state index in [2.05, 4.69) is 4.98 Å². The lowest BCUT2D eigenvalue weighted by molar-refractivity contribution is 0.521. The number of anilines is 1. The normalized spacial score (nSPS) is 14.6. The zero-order valence-electron chi connectivity index (χ0n) is 10.3. The van der Waals surface area contributed by atoms with Crippen molar-refractivity contribution in [2.24, 2.45) is 5.73 Å². The van der Waals surface area contributed by atoms with Crippen molar-refractivity contribution in [1.82, 2.24) is 9.55 Å². The molecule has 1 aliphatic rings. The molecule has 1 aromatic heterocycles. The van der Waals surface area contributed by atoms with E-state index in [0.717, 1.165) is 5.82 Å². The fourth-order valence-corrected chi connectivity index (χ4v) is 2.40. The molecule has 0 saturated heterocycles. The van der Waals surface area contributed by atoms with Crippen molar-refractivity contribution in [2.45, 2.75) is 19.6 Å². The third-order valence-corrected chi connectivity index (χ3v) is 3.37. The van der Waals surface area contributed by atoms with Crippen LogP contribution in [0.25, 0.3) is 0 Å². The van der Waals surface area contributed by atoms with Gasteiger partial charge in [0.2, 0.25) is 0 Å². The minimum Gasteiger partial charge on any atom is -0.358 e. The molecule has 4 nitrogen and oxygen atoms in total. The molecule has 0 spiro atoms. The predicted octanol–water partition coefficient (Wildman–Crippen LogP) is 1.64. The molecular weight excluding hydrogens is 250 g/mol. The maximum absolute atomic E-state index is 14.0. The maximum atomic E-state index is 14.0. The van der Waals surface area contributed by atoms with Crippen molar-refractivity contribution in [1.29, 1.82) is 0 Å². The van der Waals surface area contributed by atoms with E-state index < -0.39 is 11.6 Å². The van der Waals surface area contributed by atoms with Gasteiger partial charge in [0.25, 0.3) is 0 Å². The molecule has 0 bridgehead atoms. The summed E-state index contributed by atoms with van der Waals surface area (Å²) in [6.07, 6.45) is 3.57. The summed E-state index contributed by atoms with van der Waals surface area (Å²) in [6.45, 7) is 1.76. The van der Waals surface area contributed by atoms with E-state index in [-0.39, 0.29) is 12.2 Å². The molecule has 3 rings (SSSR count).